The molecule has 0 aliphatic heterocycles. The zero-order chi connectivity index (χ0) is 22.8. The number of hydrogen-bond donors (Lipinski definition) is 2. The minimum atomic E-state index is -3.88. The van der Waals surface area contributed by atoms with Crippen LogP contribution < -0.4 is 15.2 Å². The molecule has 3 N–H and O–H groups in total. The molecule has 0 aliphatic carbocycles. The van der Waals surface area contributed by atoms with Crippen LogP contribution >= 0.6 is 0 Å². The minimum Gasteiger partial charge on any atom is -0.455 e. The number of aryl methyl sites for hydroxylation is 1. The molecule has 0 radical (unpaired) electrons. The van der Waals surface area contributed by atoms with Gasteiger partial charge in [0.05, 0.1) is 16.7 Å². The highest BCUT2D eigenvalue weighted by atomic mass is 32.2. The normalized spacial score (nSPS) is 11.8. The lowest BCUT2D eigenvalue weighted by Gasteiger charge is -2.21. The second-order valence-electron chi connectivity index (χ2n) is 8.23. The van der Waals surface area contributed by atoms with E-state index in [1.54, 1.807) is 24.4 Å². The summed E-state index contributed by atoms with van der Waals surface area (Å²) < 4.78 is 29.2. The van der Waals surface area contributed by atoms with Gasteiger partial charge in [0.15, 0.2) is 0 Å². The fourth-order valence-electron chi connectivity index (χ4n) is 2.85. The lowest BCUT2D eigenvalue weighted by molar-refractivity contribution is 0.102. The molecule has 0 saturated carbocycles. The smallest absolute Gasteiger partial charge is 0.259 e. The van der Waals surface area contributed by atoms with E-state index in [0.29, 0.717) is 22.7 Å². The molecule has 3 aromatic rings. The number of carbonyl (C=O) groups excluding carboxylic acids is 1. The van der Waals surface area contributed by atoms with Crippen LogP contribution in [0.3, 0.4) is 0 Å². The molecule has 1 heterocycles. The van der Waals surface area contributed by atoms with Crippen molar-refractivity contribution >= 4 is 21.6 Å². The lowest BCUT2D eigenvalue weighted by atomic mass is 9.86. The van der Waals surface area contributed by atoms with E-state index in [1.165, 1.54) is 18.2 Å². The molecule has 2 aromatic carbocycles. The number of primary sulfonamides is 1. The highest BCUT2D eigenvalue weighted by molar-refractivity contribution is 7.89. The zero-order valence-corrected chi connectivity index (χ0v) is 18.7. The Morgan fingerprint density at radius 1 is 1.06 bits per heavy atom. The average molecular weight is 440 g/mol. The summed E-state index contributed by atoms with van der Waals surface area (Å²) in [5.74, 6) is 0.433. The Kier molecular flexibility index (Phi) is 6.15. The number of amides is 1. The molecule has 0 bridgehead atoms. The summed E-state index contributed by atoms with van der Waals surface area (Å²) in [5, 5.41) is 7.89. The molecular formula is C23H25N3O4S. The summed E-state index contributed by atoms with van der Waals surface area (Å²) in [4.78, 5) is 17.2. The first kappa shape index (κ1) is 22.5. The first-order valence-electron chi connectivity index (χ1n) is 9.63. The summed E-state index contributed by atoms with van der Waals surface area (Å²) in [5.41, 5.74) is 2.30. The first-order chi connectivity index (χ1) is 14.4. The molecule has 1 aromatic heterocycles. The molecule has 31 heavy (non-hydrogen) atoms. The Morgan fingerprint density at radius 3 is 2.42 bits per heavy atom. The third kappa shape index (κ3) is 5.68. The van der Waals surface area contributed by atoms with Gasteiger partial charge in [0.25, 0.3) is 5.91 Å². The van der Waals surface area contributed by atoms with Gasteiger partial charge in [-0.2, -0.15) is 0 Å². The molecule has 3 rings (SSSR count). The standard InChI is InChI=1S/C23H25N3O4S/c1-15-8-10-18(14-25-15)30-21-12-16(23(2,3)4)9-11-20(21)22(27)26-17-6-5-7-19(13-17)31(24,28)29/h5-14H,1-4H3,(H,26,27)(H2,24,28,29). The number of nitrogens with one attached hydrogen (secondary N) is 1. The maximum Gasteiger partial charge on any atom is 0.259 e. The molecule has 0 atom stereocenters. The predicted molar refractivity (Wildman–Crippen MR) is 120 cm³/mol. The summed E-state index contributed by atoms with van der Waals surface area (Å²) >= 11 is 0. The maximum absolute atomic E-state index is 13.0. The van der Waals surface area contributed by atoms with Crippen molar-refractivity contribution in [2.24, 2.45) is 5.14 Å². The van der Waals surface area contributed by atoms with Crippen molar-refractivity contribution in [3.63, 3.8) is 0 Å². The molecule has 0 fully saturated rings. The van der Waals surface area contributed by atoms with Gasteiger partial charge < -0.3 is 10.1 Å². The summed E-state index contributed by atoms with van der Waals surface area (Å²) in [6, 6.07) is 14.8. The van der Waals surface area contributed by atoms with Crippen molar-refractivity contribution < 1.29 is 17.9 Å². The Bertz CT molecular complexity index is 1210. The van der Waals surface area contributed by atoms with Crippen LogP contribution in [0.1, 0.15) is 42.4 Å². The Morgan fingerprint density at radius 2 is 1.81 bits per heavy atom. The second kappa shape index (κ2) is 8.49. The minimum absolute atomic E-state index is 0.0874. The van der Waals surface area contributed by atoms with E-state index in [-0.39, 0.29) is 10.3 Å². The molecule has 1 amide bonds. The number of anilines is 1. The number of hydrogen-bond acceptors (Lipinski definition) is 5. The first-order valence-corrected chi connectivity index (χ1v) is 11.2. The van der Waals surface area contributed by atoms with Crippen LogP contribution in [0.25, 0.3) is 0 Å². The fourth-order valence-corrected chi connectivity index (χ4v) is 3.41. The van der Waals surface area contributed by atoms with E-state index >= 15 is 0 Å². The van der Waals surface area contributed by atoms with Gasteiger partial charge in [0.1, 0.15) is 11.5 Å². The highest BCUT2D eigenvalue weighted by Gasteiger charge is 2.20. The van der Waals surface area contributed by atoms with Gasteiger partial charge in [-0.3, -0.25) is 9.78 Å². The van der Waals surface area contributed by atoms with Gasteiger partial charge in [0, 0.05) is 11.4 Å². The topological polar surface area (TPSA) is 111 Å². The maximum atomic E-state index is 13.0. The van der Waals surface area contributed by atoms with Crippen LogP contribution in [0.5, 0.6) is 11.5 Å². The molecule has 0 unspecified atom stereocenters. The number of ether oxygens (including phenoxy) is 1. The van der Waals surface area contributed by atoms with E-state index < -0.39 is 15.9 Å². The molecule has 162 valence electrons. The number of aromatic nitrogens is 1. The molecule has 7 nitrogen and oxygen atoms in total. The van der Waals surface area contributed by atoms with E-state index in [4.69, 9.17) is 9.88 Å². The van der Waals surface area contributed by atoms with Gasteiger partial charge in [-0.25, -0.2) is 13.6 Å². The SMILES string of the molecule is Cc1ccc(Oc2cc(C(C)(C)C)ccc2C(=O)Nc2cccc(S(N)(=O)=O)c2)cn1. The van der Waals surface area contributed by atoms with Crippen molar-refractivity contribution in [1.82, 2.24) is 4.98 Å². The lowest BCUT2D eigenvalue weighted by Crippen LogP contribution is -2.17. The number of nitrogens with zero attached hydrogens (tertiary/aromatic N) is 1. The number of benzene rings is 2. The zero-order valence-electron chi connectivity index (χ0n) is 17.8. The quantitative estimate of drug-likeness (QED) is 0.613. The van der Waals surface area contributed by atoms with Crippen molar-refractivity contribution in [2.75, 3.05) is 5.32 Å². The third-order valence-electron chi connectivity index (χ3n) is 4.62. The van der Waals surface area contributed by atoms with Crippen molar-refractivity contribution in [3.8, 4) is 11.5 Å². The number of nitrogens with two attached hydrogens (primary N) is 1. The van der Waals surface area contributed by atoms with Crippen molar-refractivity contribution in [1.29, 1.82) is 0 Å². The molecule has 8 heteroatoms. The fraction of sp³-hybridized carbons (Fsp3) is 0.217. The van der Waals surface area contributed by atoms with Crippen molar-refractivity contribution in [3.05, 3.63) is 77.6 Å². The van der Waals surface area contributed by atoms with Gasteiger partial charge in [-0.05, 0) is 60.4 Å². The summed E-state index contributed by atoms with van der Waals surface area (Å²) in [6.07, 6.45) is 1.59. The van der Waals surface area contributed by atoms with Gasteiger partial charge in [-0.15, -0.1) is 0 Å². The predicted octanol–water partition coefficient (Wildman–Crippen LogP) is 4.38. The average Bonchev–Trinajstić information content (AvgIpc) is 2.68. The summed E-state index contributed by atoms with van der Waals surface area (Å²) in [6.45, 7) is 8.08. The Hall–Kier alpha value is -3.23. The van der Waals surface area contributed by atoms with Gasteiger partial charge in [-0.1, -0.05) is 32.9 Å². The Labute approximate surface area is 182 Å². The number of rotatable bonds is 5. The summed E-state index contributed by atoms with van der Waals surface area (Å²) in [7, 11) is -3.88. The van der Waals surface area contributed by atoms with E-state index in [2.05, 4.69) is 31.1 Å². The molecule has 0 aliphatic rings. The molecular weight excluding hydrogens is 414 g/mol. The second-order valence-corrected chi connectivity index (χ2v) is 9.79. The van der Waals surface area contributed by atoms with Crippen LogP contribution in [0.4, 0.5) is 5.69 Å². The largest absolute Gasteiger partial charge is 0.455 e. The Balaban J connectivity index is 1.97. The third-order valence-corrected chi connectivity index (χ3v) is 5.54. The monoisotopic (exact) mass is 439 g/mol. The van der Waals surface area contributed by atoms with E-state index in [1.807, 2.05) is 25.1 Å². The van der Waals surface area contributed by atoms with Crippen LogP contribution in [-0.2, 0) is 15.4 Å². The number of carbonyl (C=O) groups is 1. The van der Waals surface area contributed by atoms with Crippen LogP contribution in [-0.4, -0.2) is 19.3 Å². The van der Waals surface area contributed by atoms with Crippen LogP contribution in [0.15, 0.2) is 65.7 Å². The van der Waals surface area contributed by atoms with Gasteiger partial charge in [0.2, 0.25) is 10.0 Å². The van der Waals surface area contributed by atoms with Gasteiger partial charge >= 0.3 is 0 Å². The molecule has 0 spiro atoms. The van der Waals surface area contributed by atoms with Crippen LogP contribution in [0, 0.1) is 6.92 Å². The molecule has 0 saturated heterocycles. The number of sulfonamides is 1. The van der Waals surface area contributed by atoms with Crippen molar-refractivity contribution in [2.45, 2.75) is 38.0 Å². The van der Waals surface area contributed by atoms with Crippen LogP contribution in [0.2, 0.25) is 0 Å². The highest BCUT2D eigenvalue weighted by Crippen LogP contribution is 2.32. The van der Waals surface area contributed by atoms with E-state index in [9.17, 15) is 13.2 Å². The van der Waals surface area contributed by atoms with E-state index in [0.717, 1.165) is 11.3 Å². The number of pyridine rings is 1.